The Hall–Kier alpha value is -6.36. The normalized spacial score (nSPS) is 12.4. The molecule has 1 aliphatic rings. The number of halogens is 1. The zero-order valence-corrected chi connectivity index (χ0v) is 31.4. The number of ether oxygens (including phenoxy) is 1. The Morgan fingerprint density at radius 3 is 1.39 bits per heavy atom. The number of para-hydroxylation sites is 2. The van der Waals surface area contributed by atoms with Gasteiger partial charge in [0.15, 0.2) is 0 Å². The summed E-state index contributed by atoms with van der Waals surface area (Å²) in [6.45, 7) is 0. The fourth-order valence-corrected chi connectivity index (χ4v) is 8.64. The first-order valence-corrected chi connectivity index (χ1v) is 18.9. The van der Waals surface area contributed by atoms with Gasteiger partial charge >= 0.3 is 0 Å². The van der Waals surface area contributed by atoms with Crippen molar-refractivity contribution in [1.29, 1.82) is 0 Å². The van der Waals surface area contributed by atoms with Gasteiger partial charge in [0.05, 0.1) is 12.5 Å². The summed E-state index contributed by atoms with van der Waals surface area (Å²) in [5.41, 5.74) is 13.3. The van der Waals surface area contributed by atoms with Crippen LogP contribution in [0.5, 0.6) is 5.75 Å². The summed E-state index contributed by atoms with van der Waals surface area (Å²) in [5.74, 6) is 0.817. The quantitative estimate of drug-likeness (QED) is 0.146. The molecule has 0 saturated heterocycles. The molecule has 3 nitrogen and oxygen atoms in total. The summed E-state index contributed by atoms with van der Waals surface area (Å²) >= 11 is 3.94. The smallest absolute Gasteiger partial charge is 0.119 e. The highest BCUT2D eigenvalue weighted by molar-refractivity contribution is 9.10. The van der Waals surface area contributed by atoms with Gasteiger partial charge in [0.1, 0.15) is 5.75 Å². The first kappa shape index (κ1) is 33.5. The molecule has 8 aromatic rings. The number of fused-ring (bicyclic) bond motifs is 3. The first-order valence-electron chi connectivity index (χ1n) is 18.2. The van der Waals surface area contributed by atoms with E-state index in [0.29, 0.717) is 0 Å². The van der Waals surface area contributed by atoms with Gasteiger partial charge in [-0.15, -0.1) is 0 Å². The van der Waals surface area contributed by atoms with Crippen molar-refractivity contribution < 1.29 is 4.74 Å². The van der Waals surface area contributed by atoms with Crippen LogP contribution in [0.15, 0.2) is 211 Å². The maximum Gasteiger partial charge on any atom is 0.119 e. The van der Waals surface area contributed by atoms with Crippen LogP contribution >= 0.6 is 15.9 Å². The molecule has 0 atom stereocenters. The molecule has 4 heteroatoms. The lowest BCUT2D eigenvalue weighted by atomic mass is 9.67. The SMILES string of the molecule is COc1ccc(N(c2ccccc2)c2cc(Br)cc(N(c3ccccc3)c3ccc4c(c3)C(c3ccccc3)(c3ccccc3)c3ccccc3-4)c2)cc1. The Kier molecular flexibility index (Phi) is 8.82. The van der Waals surface area contributed by atoms with Gasteiger partial charge in [-0.25, -0.2) is 0 Å². The monoisotopic (exact) mass is 760 g/mol. The van der Waals surface area contributed by atoms with Crippen molar-refractivity contribution in [3.05, 3.63) is 233 Å². The molecule has 0 aliphatic heterocycles. The van der Waals surface area contributed by atoms with Crippen LogP contribution in [0.2, 0.25) is 0 Å². The lowest BCUT2D eigenvalue weighted by Gasteiger charge is -2.35. The number of anilines is 6. The summed E-state index contributed by atoms with van der Waals surface area (Å²) < 4.78 is 6.49. The molecule has 0 spiro atoms. The van der Waals surface area contributed by atoms with Crippen molar-refractivity contribution in [2.75, 3.05) is 16.9 Å². The Morgan fingerprint density at radius 2 is 0.833 bits per heavy atom. The minimum atomic E-state index is -0.506. The Bertz CT molecular complexity index is 2500. The highest BCUT2D eigenvalue weighted by Crippen LogP contribution is 2.57. The molecule has 8 aromatic carbocycles. The van der Waals surface area contributed by atoms with Gasteiger partial charge in [-0.1, -0.05) is 143 Å². The molecular formula is C50H37BrN2O. The maximum absolute atomic E-state index is 5.52. The molecule has 260 valence electrons. The predicted molar refractivity (Wildman–Crippen MR) is 227 cm³/mol. The number of rotatable bonds is 9. The van der Waals surface area contributed by atoms with Gasteiger partial charge < -0.3 is 14.5 Å². The molecule has 9 rings (SSSR count). The van der Waals surface area contributed by atoms with Crippen LogP contribution in [-0.4, -0.2) is 7.11 Å². The van der Waals surface area contributed by atoms with Crippen LogP contribution in [0, 0.1) is 0 Å². The maximum atomic E-state index is 5.52. The van der Waals surface area contributed by atoms with E-state index in [0.717, 1.165) is 44.3 Å². The third-order valence-electron chi connectivity index (χ3n) is 10.4. The van der Waals surface area contributed by atoms with E-state index in [1.807, 2.05) is 12.1 Å². The van der Waals surface area contributed by atoms with E-state index in [9.17, 15) is 0 Å². The second-order valence-corrected chi connectivity index (χ2v) is 14.4. The standard InChI is InChI=1S/C50H37BrN2O/c1-54-45-29-26-41(27-30-45)52(39-20-10-4-11-21-39)43-32-38(51)33-44(34-43)53(40-22-12-5-13-23-40)42-28-31-47-46-24-14-15-25-48(46)50(49(47)35-42,36-16-6-2-7-17-36)37-18-8-3-9-19-37/h2-35H,1H3. The lowest BCUT2D eigenvalue weighted by Crippen LogP contribution is -2.28. The van der Waals surface area contributed by atoms with E-state index < -0.39 is 5.41 Å². The molecule has 1 aliphatic carbocycles. The molecule has 0 fully saturated rings. The molecule has 54 heavy (non-hydrogen) atoms. The fourth-order valence-electron chi connectivity index (χ4n) is 8.17. The first-order chi connectivity index (χ1) is 26.6. The topological polar surface area (TPSA) is 15.7 Å². The average Bonchev–Trinajstić information content (AvgIpc) is 3.53. The second-order valence-electron chi connectivity index (χ2n) is 13.5. The van der Waals surface area contributed by atoms with Gasteiger partial charge in [0.2, 0.25) is 0 Å². The average molecular weight is 762 g/mol. The third-order valence-corrected chi connectivity index (χ3v) is 10.9. The van der Waals surface area contributed by atoms with Crippen LogP contribution < -0.4 is 14.5 Å². The Morgan fingerprint density at radius 1 is 0.389 bits per heavy atom. The van der Waals surface area contributed by atoms with E-state index in [-0.39, 0.29) is 0 Å². The lowest BCUT2D eigenvalue weighted by molar-refractivity contribution is 0.415. The van der Waals surface area contributed by atoms with Gasteiger partial charge in [0.25, 0.3) is 0 Å². The van der Waals surface area contributed by atoms with Crippen LogP contribution in [0.3, 0.4) is 0 Å². The van der Waals surface area contributed by atoms with E-state index >= 15 is 0 Å². The van der Waals surface area contributed by atoms with Crippen LogP contribution in [0.4, 0.5) is 34.1 Å². The predicted octanol–water partition coefficient (Wildman–Crippen LogP) is 13.8. The third kappa shape index (κ3) is 5.76. The molecule has 0 aromatic heterocycles. The van der Waals surface area contributed by atoms with Crippen molar-refractivity contribution in [3.63, 3.8) is 0 Å². The summed E-state index contributed by atoms with van der Waals surface area (Å²) in [6.07, 6.45) is 0. The number of hydrogen-bond acceptors (Lipinski definition) is 3. The van der Waals surface area contributed by atoms with Gasteiger partial charge in [0, 0.05) is 38.6 Å². The Balaban J connectivity index is 1.27. The van der Waals surface area contributed by atoms with E-state index in [4.69, 9.17) is 4.74 Å². The zero-order valence-electron chi connectivity index (χ0n) is 29.8. The minimum absolute atomic E-state index is 0.506. The number of nitrogens with zero attached hydrogens (tertiary/aromatic N) is 2. The summed E-state index contributed by atoms with van der Waals surface area (Å²) in [6, 6.07) is 73.9. The largest absolute Gasteiger partial charge is 0.497 e. The molecule has 0 N–H and O–H groups in total. The van der Waals surface area contributed by atoms with Crippen molar-refractivity contribution in [2.45, 2.75) is 5.41 Å². The number of benzene rings is 8. The molecule has 0 amide bonds. The van der Waals surface area contributed by atoms with Crippen molar-refractivity contribution in [1.82, 2.24) is 0 Å². The van der Waals surface area contributed by atoms with E-state index in [1.54, 1.807) is 7.11 Å². The summed E-state index contributed by atoms with van der Waals surface area (Å²) in [7, 11) is 1.70. The van der Waals surface area contributed by atoms with Crippen molar-refractivity contribution >= 4 is 50.1 Å². The van der Waals surface area contributed by atoms with E-state index in [1.165, 1.54) is 33.4 Å². The molecule has 0 radical (unpaired) electrons. The van der Waals surface area contributed by atoms with Gasteiger partial charge in [-0.2, -0.15) is 0 Å². The van der Waals surface area contributed by atoms with Crippen LogP contribution in [0.25, 0.3) is 11.1 Å². The molecule has 0 saturated carbocycles. The van der Waals surface area contributed by atoms with Crippen LogP contribution in [0.1, 0.15) is 22.3 Å². The number of hydrogen-bond donors (Lipinski definition) is 0. The zero-order chi connectivity index (χ0) is 36.5. The van der Waals surface area contributed by atoms with Crippen LogP contribution in [-0.2, 0) is 5.41 Å². The molecule has 0 unspecified atom stereocenters. The second kappa shape index (κ2) is 14.2. The molecule has 0 heterocycles. The molecular weight excluding hydrogens is 724 g/mol. The highest BCUT2D eigenvalue weighted by atomic mass is 79.9. The van der Waals surface area contributed by atoms with Gasteiger partial charge in [-0.05, 0) is 112 Å². The summed E-state index contributed by atoms with van der Waals surface area (Å²) in [5, 5.41) is 0. The highest BCUT2D eigenvalue weighted by Gasteiger charge is 2.46. The summed E-state index contributed by atoms with van der Waals surface area (Å²) in [4.78, 5) is 4.65. The fraction of sp³-hybridized carbons (Fsp3) is 0.0400. The van der Waals surface area contributed by atoms with E-state index in [2.05, 4.69) is 220 Å². The minimum Gasteiger partial charge on any atom is -0.497 e. The van der Waals surface area contributed by atoms with Gasteiger partial charge in [-0.3, -0.25) is 0 Å². The molecule has 0 bridgehead atoms. The van der Waals surface area contributed by atoms with Crippen molar-refractivity contribution in [3.8, 4) is 16.9 Å². The van der Waals surface area contributed by atoms with Crippen molar-refractivity contribution in [2.24, 2.45) is 0 Å². The Labute approximate surface area is 325 Å². The number of methoxy groups -OCH3 is 1.